The van der Waals surface area contributed by atoms with Gasteiger partial charge < -0.3 is 5.32 Å². The predicted molar refractivity (Wildman–Crippen MR) is 93.8 cm³/mol. The lowest BCUT2D eigenvalue weighted by atomic mass is 9.97. The van der Waals surface area contributed by atoms with Crippen LogP contribution in [-0.2, 0) is 6.54 Å². The van der Waals surface area contributed by atoms with Crippen molar-refractivity contribution in [3.05, 3.63) is 59.1 Å². The SMILES string of the molecule is CC1C(NC(=O)c2ncccc2Cl)CCCN1Cc1ccccn1. The van der Waals surface area contributed by atoms with Crippen LogP contribution >= 0.6 is 11.6 Å². The van der Waals surface area contributed by atoms with E-state index in [9.17, 15) is 4.79 Å². The summed E-state index contributed by atoms with van der Waals surface area (Å²) in [6.45, 7) is 3.94. The van der Waals surface area contributed by atoms with Crippen LogP contribution in [0.1, 0.15) is 35.9 Å². The number of pyridine rings is 2. The van der Waals surface area contributed by atoms with E-state index in [2.05, 4.69) is 27.1 Å². The zero-order valence-electron chi connectivity index (χ0n) is 13.7. The number of halogens is 1. The summed E-state index contributed by atoms with van der Waals surface area (Å²) in [5.41, 5.74) is 1.33. The highest BCUT2D eigenvalue weighted by molar-refractivity contribution is 6.33. The number of rotatable bonds is 4. The quantitative estimate of drug-likeness (QED) is 0.926. The van der Waals surface area contributed by atoms with Crippen molar-refractivity contribution in [3.8, 4) is 0 Å². The van der Waals surface area contributed by atoms with E-state index in [0.717, 1.165) is 31.6 Å². The maximum absolute atomic E-state index is 12.5. The molecule has 1 saturated heterocycles. The van der Waals surface area contributed by atoms with Gasteiger partial charge in [-0.25, -0.2) is 4.98 Å². The predicted octanol–water partition coefficient (Wildman–Crippen LogP) is 2.91. The van der Waals surface area contributed by atoms with E-state index in [1.807, 2.05) is 24.4 Å². The van der Waals surface area contributed by atoms with Gasteiger partial charge in [0.05, 0.1) is 10.7 Å². The van der Waals surface area contributed by atoms with Crippen molar-refractivity contribution in [2.75, 3.05) is 6.54 Å². The van der Waals surface area contributed by atoms with Crippen molar-refractivity contribution in [3.63, 3.8) is 0 Å². The van der Waals surface area contributed by atoms with Gasteiger partial charge in [-0.1, -0.05) is 17.7 Å². The second kappa shape index (κ2) is 7.73. The summed E-state index contributed by atoms with van der Waals surface area (Å²) < 4.78 is 0. The Morgan fingerprint density at radius 3 is 2.88 bits per heavy atom. The number of carbonyl (C=O) groups excluding carboxylic acids is 1. The first kappa shape index (κ1) is 16.9. The summed E-state index contributed by atoms with van der Waals surface area (Å²) in [6.07, 6.45) is 5.39. The fraction of sp³-hybridized carbons (Fsp3) is 0.389. The van der Waals surface area contributed by atoms with Gasteiger partial charge in [0, 0.05) is 31.0 Å². The highest BCUT2D eigenvalue weighted by atomic mass is 35.5. The summed E-state index contributed by atoms with van der Waals surface area (Å²) in [5, 5.41) is 3.47. The molecule has 6 heteroatoms. The number of likely N-dealkylation sites (tertiary alicyclic amines) is 1. The molecule has 2 aromatic rings. The van der Waals surface area contributed by atoms with E-state index < -0.39 is 0 Å². The molecule has 2 aromatic heterocycles. The molecule has 126 valence electrons. The van der Waals surface area contributed by atoms with Crippen LogP contribution in [0.3, 0.4) is 0 Å². The lowest BCUT2D eigenvalue weighted by molar-refractivity contribution is 0.0809. The first-order valence-electron chi connectivity index (χ1n) is 8.20. The van der Waals surface area contributed by atoms with Gasteiger partial charge in [0.15, 0.2) is 0 Å². The van der Waals surface area contributed by atoms with E-state index in [1.165, 1.54) is 0 Å². The van der Waals surface area contributed by atoms with Crippen molar-refractivity contribution < 1.29 is 4.79 Å². The maximum atomic E-state index is 12.5. The third kappa shape index (κ3) is 3.91. The normalized spacial score (nSPS) is 21.4. The Morgan fingerprint density at radius 1 is 1.29 bits per heavy atom. The van der Waals surface area contributed by atoms with Crippen molar-refractivity contribution >= 4 is 17.5 Å². The summed E-state index contributed by atoms with van der Waals surface area (Å²) in [4.78, 5) is 23.3. The van der Waals surface area contributed by atoms with E-state index in [-0.39, 0.29) is 23.7 Å². The molecule has 5 nitrogen and oxygen atoms in total. The lowest BCUT2D eigenvalue weighted by Crippen LogP contribution is -2.53. The minimum Gasteiger partial charge on any atom is -0.346 e. The van der Waals surface area contributed by atoms with Crippen LogP contribution in [0.5, 0.6) is 0 Å². The molecule has 24 heavy (non-hydrogen) atoms. The number of hydrogen-bond donors (Lipinski definition) is 1. The molecule has 2 atom stereocenters. The lowest BCUT2D eigenvalue weighted by Gasteiger charge is -2.39. The van der Waals surface area contributed by atoms with Gasteiger partial charge in [0.25, 0.3) is 5.91 Å². The van der Waals surface area contributed by atoms with E-state index >= 15 is 0 Å². The molecular formula is C18H21ClN4O. The van der Waals surface area contributed by atoms with Crippen molar-refractivity contribution in [1.82, 2.24) is 20.2 Å². The average Bonchev–Trinajstić information content (AvgIpc) is 2.60. The highest BCUT2D eigenvalue weighted by Gasteiger charge is 2.30. The molecule has 1 amide bonds. The number of piperidine rings is 1. The topological polar surface area (TPSA) is 58.1 Å². The highest BCUT2D eigenvalue weighted by Crippen LogP contribution is 2.20. The average molecular weight is 345 g/mol. The molecule has 0 radical (unpaired) electrons. The maximum Gasteiger partial charge on any atom is 0.271 e. The molecule has 0 saturated carbocycles. The second-order valence-corrected chi connectivity index (χ2v) is 6.50. The number of nitrogens with zero attached hydrogens (tertiary/aromatic N) is 3. The van der Waals surface area contributed by atoms with E-state index in [4.69, 9.17) is 11.6 Å². The number of hydrogen-bond acceptors (Lipinski definition) is 4. The number of nitrogens with one attached hydrogen (secondary N) is 1. The molecular weight excluding hydrogens is 324 g/mol. The van der Waals surface area contributed by atoms with E-state index in [1.54, 1.807) is 18.3 Å². The molecule has 0 spiro atoms. The Labute approximate surface area is 147 Å². The number of amides is 1. The van der Waals surface area contributed by atoms with Crippen LogP contribution in [0.25, 0.3) is 0 Å². The molecule has 0 aromatic carbocycles. The molecule has 2 unspecified atom stereocenters. The number of aromatic nitrogens is 2. The van der Waals surface area contributed by atoms with Crippen molar-refractivity contribution in [1.29, 1.82) is 0 Å². The van der Waals surface area contributed by atoms with Gasteiger partial charge >= 0.3 is 0 Å². The minimum absolute atomic E-state index is 0.0769. The molecule has 1 fully saturated rings. The first-order chi connectivity index (χ1) is 11.6. The molecule has 3 heterocycles. The first-order valence-corrected chi connectivity index (χ1v) is 8.58. The van der Waals surface area contributed by atoms with Crippen LogP contribution < -0.4 is 5.32 Å². The fourth-order valence-corrected chi connectivity index (χ4v) is 3.33. The third-order valence-corrected chi connectivity index (χ3v) is 4.81. The van der Waals surface area contributed by atoms with Gasteiger partial charge in [-0.3, -0.25) is 14.7 Å². The Balaban J connectivity index is 1.65. The fourth-order valence-electron chi connectivity index (χ4n) is 3.12. The van der Waals surface area contributed by atoms with Gasteiger partial charge in [-0.15, -0.1) is 0 Å². The largest absolute Gasteiger partial charge is 0.346 e. The summed E-state index contributed by atoms with van der Waals surface area (Å²) in [7, 11) is 0. The van der Waals surface area contributed by atoms with Crippen molar-refractivity contribution in [2.45, 2.75) is 38.4 Å². The van der Waals surface area contributed by atoms with Gasteiger partial charge in [-0.2, -0.15) is 0 Å². The van der Waals surface area contributed by atoms with Crippen LogP contribution in [0.15, 0.2) is 42.7 Å². The number of carbonyl (C=O) groups is 1. The van der Waals surface area contributed by atoms with Crippen LogP contribution in [0, 0.1) is 0 Å². The second-order valence-electron chi connectivity index (χ2n) is 6.09. The van der Waals surface area contributed by atoms with E-state index in [0.29, 0.717) is 5.02 Å². The smallest absolute Gasteiger partial charge is 0.271 e. The molecule has 1 N–H and O–H groups in total. The molecule has 1 aliphatic rings. The molecule has 3 rings (SSSR count). The Morgan fingerprint density at radius 2 is 2.12 bits per heavy atom. The molecule has 0 aliphatic carbocycles. The zero-order chi connectivity index (χ0) is 16.9. The monoisotopic (exact) mass is 344 g/mol. The van der Waals surface area contributed by atoms with Crippen LogP contribution in [0.2, 0.25) is 5.02 Å². The Kier molecular flexibility index (Phi) is 5.43. The standard InChI is InChI=1S/C18H21ClN4O/c1-13-16(22-18(24)17-15(19)7-4-10-21-17)8-5-11-23(13)12-14-6-2-3-9-20-14/h2-4,6-7,9-10,13,16H,5,8,11-12H2,1H3,(H,22,24). The summed E-state index contributed by atoms with van der Waals surface area (Å²) in [5.74, 6) is -0.211. The zero-order valence-corrected chi connectivity index (χ0v) is 14.4. The van der Waals surface area contributed by atoms with Gasteiger partial charge in [0.1, 0.15) is 5.69 Å². The van der Waals surface area contributed by atoms with Crippen LogP contribution in [-0.4, -0.2) is 39.4 Å². The molecule has 1 aliphatic heterocycles. The van der Waals surface area contributed by atoms with Crippen molar-refractivity contribution in [2.24, 2.45) is 0 Å². The summed E-state index contributed by atoms with van der Waals surface area (Å²) >= 11 is 6.07. The third-order valence-electron chi connectivity index (χ3n) is 4.50. The summed E-state index contributed by atoms with van der Waals surface area (Å²) in [6, 6.07) is 9.66. The Bertz CT molecular complexity index is 694. The molecule has 0 bridgehead atoms. The minimum atomic E-state index is -0.211. The van der Waals surface area contributed by atoms with Gasteiger partial charge in [-0.05, 0) is 50.6 Å². The Hall–Kier alpha value is -1.98. The van der Waals surface area contributed by atoms with Gasteiger partial charge in [0.2, 0.25) is 0 Å². The van der Waals surface area contributed by atoms with Crippen LogP contribution in [0.4, 0.5) is 0 Å².